The van der Waals surface area contributed by atoms with Gasteiger partial charge < -0.3 is 4.74 Å². The summed E-state index contributed by atoms with van der Waals surface area (Å²) in [6.07, 6.45) is 0. The number of carbonyl (C=O) groups excluding carboxylic acids is 1. The zero-order valence-corrected chi connectivity index (χ0v) is 14.0. The molecule has 0 aliphatic carbocycles. The van der Waals surface area contributed by atoms with Crippen molar-refractivity contribution in [2.45, 2.75) is 6.92 Å². The van der Waals surface area contributed by atoms with Crippen LogP contribution in [0.3, 0.4) is 0 Å². The van der Waals surface area contributed by atoms with Gasteiger partial charge in [0.2, 0.25) is 0 Å². The highest BCUT2D eigenvalue weighted by molar-refractivity contribution is 7.17. The van der Waals surface area contributed by atoms with Crippen LogP contribution in [0.5, 0.6) is 0 Å². The van der Waals surface area contributed by atoms with Crippen LogP contribution in [-0.2, 0) is 4.74 Å². The van der Waals surface area contributed by atoms with Crippen molar-refractivity contribution in [1.82, 2.24) is 4.98 Å². The highest BCUT2D eigenvalue weighted by atomic mass is 35.5. The highest BCUT2D eigenvalue weighted by Gasteiger charge is 2.22. The molecule has 3 nitrogen and oxygen atoms in total. The van der Waals surface area contributed by atoms with Crippen molar-refractivity contribution in [1.29, 1.82) is 0 Å². The minimum atomic E-state index is -0.373. The Morgan fingerprint density at radius 2 is 1.83 bits per heavy atom. The van der Waals surface area contributed by atoms with Crippen LogP contribution in [0.4, 0.5) is 0 Å². The molecule has 3 aromatic rings. The largest absolute Gasteiger partial charge is 0.462 e. The zero-order chi connectivity index (χ0) is 16.2. The van der Waals surface area contributed by atoms with Gasteiger partial charge in [-0.15, -0.1) is 11.3 Å². The summed E-state index contributed by atoms with van der Waals surface area (Å²) in [4.78, 5) is 17.4. The molecule has 0 fully saturated rings. The third kappa shape index (κ3) is 3.28. The first-order chi connectivity index (χ1) is 11.2. The van der Waals surface area contributed by atoms with Crippen molar-refractivity contribution in [2.24, 2.45) is 0 Å². The van der Waals surface area contributed by atoms with E-state index >= 15 is 0 Å². The minimum absolute atomic E-state index is 0.319. The summed E-state index contributed by atoms with van der Waals surface area (Å²) < 4.78 is 5.17. The lowest BCUT2D eigenvalue weighted by Gasteiger charge is -2.04. The van der Waals surface area contributed by atoms with E-state index in [1.807, 2.05) is 48.5 Å². The zero-order valence-electron chi connectivity index (χ0n) is 12.5. The summed E-state index contributed by atoms with van der Waals surface area (Å²) in [5, 5.41) is 1.33. The average molecular weight is 344 g/mol. The number of ether oxygens (including phenoxy) is 1. The number of halogens is 1. The van der Waals surface area contributed by atoms with E-state index in [2.05, 4.69) is 4.98 Å². The van der Waals surface area contributed by atoms with Gasteiger partial charge in [0.25, 0.3) is 0 Å². The molecule has 23 heavy (non-hydrogen) atoms. The number of thiazole rings is 1. The van der Waals surface area contributed by atoms with Gasteiger partial charge in [-0.1, -0.05) is 60.1 Å². The molecule has 0 amide bonds. The van der Waals surface area contributed by atoms with E-state index in [4.69, 9.17) is 16.3 Å². The Balaban J connectivity index is 2.15. The highest BCUT2D eigenvalue weighted by Crippen LogP contribution is 2.37. The molecule has 1 aromatic heterocycles. The SMILES string of the molecule is CCOC(=O)c1sc(-c2ccccc2)nc1-c1ccccc1Cl. The predicted molar refractivity (Wildman–Crippen MR) is 94.0 cm³/mol. The van der Waals surface area contributed by atoms with E-state index < -0.39 is 0 Å². The second kappa shape index (κ2) is 6.94. The van der Waals surface area contributed by atoms with Crippen LogP contribution >= 0.6 is 22.9 Å². The molecule has 3 rings (SSSR count). The number of esters is 1. The number of rotatable bonds is 4. The Morgan fingerprint density at radius 1 is 1.13 bits per heavy atom. The minimum Gasteiger partial charge on any atom is -0.462 e. The number of aromatic nitrogens is 1. The topological polar surface area (TPSA) is 39.2 Å². The predicted octanol–water partition coefficient (Wildman–Crippen LogP) is 5.31. The molecule has 0 radical (unpaired) electrons. The summed E-state index contributed by atoms with van der Waals surface area (Å²) in [7, 11) is 0. The lowest BCUT2D eigenvalue weighted by atomic mass is 10.1. The Bertz CT molecular complexity index is 830. The van der Waals surface area contributed by atoms with Gasteiger partial charge in [0.15, 0.2) is 0 Å². The third-order valence-corrected chi connectivity index (χ3v) is 4.65. The standard InChI is InChI=1S/C18H14ClNO2S/c1-2-22-18(21)16-15(13-10-6-7-11-14(13)19)20-17(23-16)12-8-4-3-5-9-12/h3-11H,2H2,1H3. The Labute approximate surface area is 143 Å². The maximum atomic E-state index is 12.3. The molecule has 0 atom stereocenters. The van der Waals surface area contributed by atoms with Crippen LogP contribution in [0, 0.1) is 0 Å². The van der Waals surface area contributed by atoms with E-state index in [9.17, 15) is 4.79 Å². The van der Waals surface area contributed by atoms with Gasteiger partial charge in [-0.3, -0.25) is 0 Å². The van der Waals surface area contributed by atoms with E-state index in [-0.39, 0.29) is 5.97 Å². The number of hydrogen-bond donors (Lipinski definition) is 0. The lowest BCUT2D eigenvalue weighted by molar-refractivity contribution is 0.0532. The summed E-state index contributed by atoms with van der Waals surface area (Å²) in [5.41, 5.74) is 2.26. The van der Waals surface area contributed by atoms with Crippen molar-refractivity contribution in [3.8, 4) is 21.8 Å². The van der Waals surface area contributed by atoms with Gasteiger partial charge in [-0.2, -0.15) is 0 Å². The Hall–Kier alpha value is -2.17. The van der Waals surface area contributed by atoms with E-state index in [1.165, 1.54) is 11.3 Å². The Morgan fingerprint density at radius 3 is 2.52 bits per heavy atom. The number of hydrogen-bond acceptors (Lipinski definition) is 4. The van der Waals surface area contributed by atoms with Crippen LogP contribution in [0.1, 0.15) is 16.6 Å². The maximum Gasteiger partial charge on any atom is 0.350 e. The van der Waals surface area contributed by atoms with Crippen molar-refractivity contribution < 1.29 is 9.53 Å². The van der Waals surface area contributed by atoms with Crippen molar-refractivity contribution in [3.63, 3.8) is 0 Å². The second-order valence-corrected chi connectivity index (χ2v) is 6.17. The number of nitrogens with zero attached hydrogens (tertiary/aromatic N) is 1. The molecule has 116 valence electrons. The molecular weight excluding hydrogens is 330 g/mol. The van der Waals surface area contributed by atoms with Gasteiger partial charge in [-0.25, -0.2) is 9.78 Å². The average Bonchev–Trinajstić information content (AvgIpc) is 3.01. The molecule has 0 aliphatic rings. The molecule has 2 aromatic carbocycles. The molecule has 5 heteroatoms. The molecule has 0 bridgehead atoms. The first kappa shape index (κ1) is 15.7. The fourth-order valence-electron chi connectivity index (χ4n) is 2.20. The quantitative estimate of drug-likeness (QED) is 0.603. The van der Waals surface area contributed by atoms with E-state index in [0.717, 1.165) is 16.1 Å². The van der Waals surface area contributed by atoms with Gasteiger partial charge in [0.1, 0.15) is 9.88 Å². The smallest absolute Gasteiger partial charge is 0.350 e. The summed E-state index contributed by atoms with van der Waals surface area (Å²) in [6.45, 7) is 2.10. The molecule has 0 saturated heterocycles. The first-order valence-corrected chi connectivity index (χ1v) is 8.38. The molecular formula is C18H14ClNO2S. The lowest BCUT2D eigenvalue weighted by Crippen LogP contribution is -2.04. The molecule has 0 spiro atoms. The van der Waals surface area contributed by atoms with E-state index in [1.54, 1.807) is 13.0 Å². The van der Waals surface area contributed by atoms with Crippen molar-refractivity contribution in [3.05, 3.63) is 64.5 Å². The number of carbonyl (C=O) groups is 1. The van der Waals surface area contributed by atoms with Crippen molar-refractivity contribution >= 4 is 28.9 Å². The van der Waals surface area contributed by atoms with Crippen LogP contribution < -0.4 is 0 Å². The van der Waals surface area contributed by atoms with Gasteiger partial charge in [-0.05, 0) is 13.0 Å². The first-order valence-electron chi connectivity index (χ1n) is 7.19. The molecule has 1 heterocycles. The third-order valence-electron chi connectivity index (χ3n) is 3.24. The summed E-state index contributed by atoms with van der Waals surface area (Å²) >= 11 is 7.60. The van der Waals surface area contributed by atoms with Crippen LogP contribution in [0.25, 0.3) is 21.8 Å². The fraction of sp³-hybridized carbons (Fsp3) is 0.111. The van der Waals surface area contributed by atoms with Crippen molar-refractivity contribution in [2.75, 3.05) is 6.61 Å². The molecule has 0 unspecified atom stereocenters. The number of benzene rings is 2. The van der Waals surface area contributed by atoms with Crippen LogP contribution in [-0.4, -0.2) is 17.6 Å². The monoisotopic (exact) mass is 343 g/mol. The second-order valence-electron chi connectivity index (χ2n) is 4.76. The van der Waals surface area contributed by atoms with Gasteiger partial charge >= 0.3 is 5.97 Å². The normalized spacial score (nSPS) is 10.5. The summed E-state index contributed by atoms with van der Waals surface area (Å²) in [6, 6.07) is 17.1. The summed E-state index contributed by atoms with van der Waals surface area (Å²) in [5.74, 6) is -0.373. The fourth-order valence-corrected chi connectivity index (χ4v) is 3.40. The maximum absolute atomic E-state index is 12.3. The van der Waals surface area contributed by atoms with Gasteiger partial charge in [0, 0.05) is 11.1 Å². The van der Waals surface area contributed by atoms with Crippen LogP contribution in [0.2, 0.25) is 5.02 Å². The van der Waals surface area contributed by atoms with Crippen LogP contribution in [0.15, 0.2) is 54.6 Å². The molecule has 0 aliphatic heterocycles. The van der Waals surface area contributed by atoms with Gasteiger partial charge in [0.05, 0.1) is 17.3 Å². The molecule has 0 saturated carbocycles. The van der Waals surface area contributed by atoms with E-state index in [0.29, 0.717) is 22.2 Å². The Kier molecular flexibility index (Phi) is 4.74. The molecule has 0 N–H and O–H groups in total.